The summed E-state index contributed by atoms with van der Waals surface area (Å²) in [6.45, 7) is 4.87. The molecule has 0 heterocycles. The van der Waals surface area contributed by atoms with Gasteiger partial charge in [0.05, 0.1) is 7.11 Å². The quantitative estimate of drug-likeness (QED) is 0.305. The number of allylic oxidation sites excluding steroid dienone is 2. The van der Waals surface area contributed by atoms with Gasteiger partial charge in [-0.1, -0.05) is 26.0 Å². The Hall–Kier alpha value is -1.46. The molecule has 0 spiro atoms. The highest BCUT2D eigenvalue weighted by atomic mass is 32.2. The minimum atomic E-state index is -0.706. The average molecular weight is 404 g/mol. The van der Waals surface area contributed by atoms with Gasteiger partial charge in [0.2, 0.25) is 0 Å². The fourth-order valence-electron chi connectivity index (χ4n) is 4.94. The number of benzene rings is 1. The molecule has 1 aromatic carbocycles. The first-order valence-electron chi connectivity index (χ1n) is 10.3. The SMILES string of the molecule is COc1ccc(SN[C@H]2C[C@H]3C[C@@H]([C@@H]2C/C=C\CCCC(=O)O)C3(C)C)cc1. The first kappa shape index (κ1) is 21.3. The summed E-state index contributed by atoms with van der Waals surface area (Å²) in [7, 11) is 1.69. The highest BCUT2D eigenvalue weighted by molar-refractivity contribution is 7.97. The van der Waals surface area contributed by atoms with Crippen molar-refractivity contribution in [2.75, 3.05) is 7.11 Å². The summed E-state index contributed by atoms with van der Waals surface area (Å²) in [4.78, 5) is 11.8. The van der Waals surface area contributed by atoms with E-state index in [0.29, 0.717) is 17.4 Å². The van der Waals surface area contributed by atoms with Crippen molar-refractivity contribution in [3.8, 4) is 5.75 Å². The molecule has 2 N–H and O–H groups in total. The lowest BCUT2D eigenvalue weighted by atomic mass is 9.44. The average Bonchev–Trinajstić information content (AvgIpc) is 2.69. The Morgan fingerprint density at radius 2 is 2.04 bits per heavy atom. The number of fused-ring (bicyclic) bond motifs is 2. The van der Waals surface area contributed by atoms with Gasteiger partial charge in [0.15, 0.2) is 0 Å². The molecule has 0 unspecified atom stereocenters. The Balaban J connectivity index is 1.55. The van der Waals surface area contributed by atoms with Crippen molar-refractivity contribution < 1.29 is 14.6 Å². The third-order valence-electron chi connectivity index (χ3n) is 6.84. The van der Waals surface area contributed by atoms with E-state index < -0.39 is 5.97 Å². The first-order valence-corrected chi connectivity index (χ1v) is 11.2. The normalized spacial score (nSPS) is 28.1. The zero-order valence-electron chi connectivity index (χ0n) is 17.2. The molecule has 0 saturated heterocycles. The van der Waals surface area contributed by atoms with Crippen LogP contribution >= 0.6 is 11.9 Å². The lowest BCUT2D eigenvalue weighted by molar-refractivity contribution is -0.137. The maximum atomic E-state index is 10.6. The molecule has 2 bridgehead atoms. The highest BCUT2D eigenvalue weighted by Crippen LogP contribution is 2.62. The van der Waals surface area contributed by atoms with Crippen LogP contribution in [0.4, 0.5) is 0 Å². The maximum Gasteiger partial charge on any atom is 0.303 e. The van der Waals surface area contributed by atoms with E-state index >= 15 is 0 Å². The molecule has 3 aliphatic rings. The van der Waals surface area contributed by atoms with E-state index in [1.807, 2.05) is 12.1 Å². The summed E-state index contributed by atoms with van der Waals surface area (Å²) < 4.78 is 8.99. The Bertz CT molecular complexity index is 686. The topological polar surface area (TPSA) is 58.6 Å². The molecule has 154 valence electrons. The summed E-state index contributed by atoms with van der Waals surface area (Å²) in [5, 5.41) is 8.75. The molecule has 3 fully saturated rings. The van der Waals surface area contributed by atoms with Gasteiger partial charge >= 0.3 is 5.97 Å². The number of unbranched alkanes of at least 4 members (excludes halogenated alkanes) is 1. The van der Waals surface area contributed by atoms with E-state index in [1.165, 1.54) is 17.7 Å². The van der Waals surface area contributed by atoms with Crippen LogP contribution in [0.1, 0.15) is 52.4 Å². The van der Waals surface area contributed by atoms with Gasteiger partial charge in [-0.05, 0) is 91.5 Å². The smallest absolute Gasteiger partial charge is 0.303 e. The summed E-state index contributed by atoms with van der Waals surface area (Å²) in [5.74, 6) is 2.41. The molecule has 0 aromatic heterocycles. The molecule has 4 nitrogen and oxygen atoms in total. The zero-order valence-corrected chi connectivity index (χ0v) is 18.0. The number of aliphatic carboxylic acids is 1. The third-order valence-corrected chi connectivity index (χ3v) is 7.77. The van der Waals surface area contributed by atoms with E-state index in [9.17, 15) is 4.79 Å². The second-order valence-electron chi connectivity index (χ2n) is 8.76. The molecule has 1 aromatic rings. The van der Waals surface area contributed by atoms with Crippen molar-refractivity contribution in [2.24, 2.45) is 23.2 Å². The summed E-state index contributed by atoms with van der Waals surface area (Å²) in [5.41, 5.74) is 0.449. The van der Waals surface area contributed by atoms with Gasteiger partial charge in [-0.25, -0.2) is 0 Å². The minimum Gasteiger partial charge on any atom is -0.497 e. The molecule has 4 rings (SSSR count). The van der Waals surface area contributed by atoms with E-state index in [4.69, 9.17) is 9.84 Å². The van der Waals surface area contributed by atoms with Gasteiger partial charge in [0.25, 0.3) is 0 Å². The number of carboxylic acids is 1. The van der Waals surface area contributed by atoms with Gasteiger partial charge in [0, 0.05) is 17.4 Å². The van der Waals surface area contributed by atoms with Gasteiger partial charge in [0.1, 0.15) is 5.75 Å². The highest BCUT2D eigenvalue weighted by Gasteiger charge is 2.57. The van der Waals surface area contributed by atoms with E-state index in [1.54, 1.807) is 19.1 Å². The molecule has 0 amide bonds. The molecule has 0 aliphatic heterocycles. The lowest BCUT2D eigenvalue weighted by Crippen LogP contribution is -2.59. The second-order valence-corrected chi connectivity index (χ2v) is 9.67. The summed E-state index contributed by atoms with van der Waals surface area (Å²) in [6.07, 6.45) is 9.97. The van der Waals surface area contributed by atoms with Gasteiger partial charge in [-0.15, -0.1) is 0 Å². The van der Waals surface area contributed by atoms with Crippen molar-refractivity contribution in [1.29, 1.82) is 0 Å². The van der Waals surface area contributed by atoms with Crippen LogP contribution in [0.5, 0.6) is 5.75 Å². The molecule has 3 aliphatic carbocycles. The third kappa shape index (κ3) is 4.93. The number of carboxylic acid groups (broad SMARTS) is 1. The Labute approximate surface area is 173 Å². The van der Waals surface area contributed by atoms with Crippen molar-refractivity contribution in [1.82, 2.24) is 4.72 Å². The van der Waals surface area contributed by atoms with E-state index in [2.05, 4.69) is 42.9 Å². The standard InChI is InChI=1S/C23H33NO3S/c1-23(2)16-14-20(23)19(8-6-4-5-7-9-22(25)26)21(15-16)24-28-18-12-10-17(27-3)11-13-18/h4,6,10-13,16,19-21,24H,5,7-9,14-15H2,1-3H3,(H,25,26)/b6-4-/t16-,19+,20+,21+/m1/s1. The number of methoxy groups -OCH3 is 1. The fraction of sp³-hybridized carbons (Fsp3) is 0.609. The van der Waals surface area contributed by atoms with Crippen LogP contribution in [-0.4, -0.2) is 24.2 Å². The lowest BCUT2D eigenvalue weighted by Gasteiger charge is -2.62. The first-order chi connectivity index (χ1) is 13.4. The van der Waals surface area contributed by atoms with Gasteiger partial charge < -0.3 is 9.84 Å². The van der Waals surface area contributed by atoms with Crippen LogP contribution in [0.25, 0.3) is 0 Å². The number of hydrogen-bond donors (Lipinski definition) is 2. The molecule has 28 heavy (non-hydrogen) atoms. The predicted molar refractivity (Wildman–Crippen MR) is 115 cm³/mol. The Morgan fingerprint density at radius 1 is 1.29 bits per heavy atom. The van der Waals surface area contributed by atoms with Crippen LogP contribution in [0.15, 0.2) is 41.3 Å². The number of hydrogen-bond acceptors (Lipinski definition) is 4. The minimum absolute atomic E-state index is 0.258. The number of rotatable bonds is 10. The van der Waals surface area contributed by atoms with Crippen LogP contribution in [-0.2, 0) is 4.79 Å². The monoisotopic (exact) mass is 403 g/mol. The molecule has 0 radical (unpaired) electrons. The van der Waals surface area contributed by atoms with Crippen molar-refractivity contribution in [2.45, 2.75) is 63.3 Å². The van der Waals surface area contributed by atoms with Crippen molar-refractivity contribution in [3.05, 3.63) is 36.4 Å². The van der Waals surface area contributed by atoms with Crippen molar-refractivity contribution >= 4 is 17.9 Å². The van der Waals surface area contributed by atoms with Crippen LogP contribution in [0.2, 0.25) is 0 Å². The fourth-order valence-corrected chi connectivity index (χ4v) is 5.77. The summed E-state index contributed by atoms with van der Waals surface area (Å²) in [6, 6.07) is 8.72. The zero-order chi connectivity index (χ0) is 20.1. The number of carbonyl (C=O) groups is 1. The Morgan fingerprint density at radius 3 is 2.68 bits per heavy atom. The van der Waals surface area contributed by atoms with Crippen molar-refractivity contribution in [3.63, 3.8) is 0 Å². The maximum absolute atomic E-state index is 10.6. The van der Waals surface area contributed by atoms with Crippen LogP contribution in [0.3, 0.4) is 0 Å². The number of ether oxygens (including phenoxy) is 1. The second kappa shape index (κ2) is 9.36. The molecule has 4 atom stereocenters. The Kier molecular flexibility index (Phi) is 7.10. The number of nitrogens with one attached hydrogen (secondary N) is 1. The van der Waals surface area contributed by atoms with Crippen LogP contribution in [0, 0.1) is 23.2 Å². The predicted octanol–water partition coefficient (Wildman–Crippen LogP) is 5.54. The molecular formula is C23H33NO3S. The van der Waals surface area contributed by atoms with Gasteiger partial charge in [-0.3, -0.25) is 9.52 Å². The van der Waals surface area contributed by atoms with Gasteiger partial charge in [-0.2, -0.15) is 0 Å². The molecule has 3 saturated carbocycles. The van der Waals surface area contributed by atoms with Crippen LogP contribution < -0.4 is 9.46 Å². The molecular weight excluding hydrogens is 370 g/mol. The molecule has 5 heteroatoms. The summed E-state index contributed by atoms with van der Waals surface area (Å²) >= 11 is 1.73. The van der Waals surface area contributed by atoms with E-state index in [-0.39, 0.29) is 6.42 Å². The van der Waals surface area contributed by atoms with E-state index in [0.717, 1.165) is 36.8 Å². The largest absolute Gasteiger partial charge is 0.497 e.